The van der Waals surface area contributed by atoms with Crippen molar-refractivity contribution in [2.24, 2.45) is 0 Å². The lowest BCUT2D eigenvalue weighted by Crippen LogP contribution is -1.93. The second-order valence-corrected chi connectivity index (χ2v) is 14.5. The summed E-state index contributed by atoms with van der Waals surface area (Å²) in [6, 6.07) is 57.8. The van der Waals surface area contributed by atoms with E-state index >= 15 is 0 Å². The van der Waals surface area contributed by atoms with Gasteiger partial charge in [-0.3, -0.25) is 4.98 Å². The first kappa shape index (κ1) is 27.7. The van der Waals surface area contributed by atoms with Gasteiger partial charge in [-0.25, -0.2) is 0 Å². The Morgan fingerprint density at radius 3 is 1.62 bits per heavy atom. The van der Waals surface area contributed by atoms with E-state index in [1.165, 1.54) is 79.5 Å². The smallest absolute Gasteiger partial charge is 0.0780 e. The molecule has 0 fully saturated rings. The van der Waals surface area contributed by atoms with Crippen LogP contribution in [0.5, 0.6) is 0 Å². The minimum atomic E-state index is 1.01. The third-order valence-corrected chi connectivity index (χ3v) is 12.1. The van der Waals surface area contributed by atoms with Crippen LogP contribution in [0.2, 0.25) is 0 Å². The summed E-state index contributed by atoms with van der Waals surface area (Å²) >= 11 is 3.73. The van der Waals surface area contributed by atoms with Gasteiger partial charge in [0.2, 0.25) is 0 Å². The van der Waals surface area contributed by atoms with E-state index in [0.717, 1.165) is 16.6 Å². The van der Waals surface area contributed by atoms with E-state index in [1.54, 1.807) is 0 Å². The lowest BCUT2D eigenvalue weighted by Gasteiger charge is -2.20. The monoisotopic (exact) mass is 645 g/mol. The fourth-order valence-corrected chi connectivity index (χ4v) is 9.56. The summed E-state index contributed by atoms with van der Waals surface area (Å²) in [7, 11) is 0. The van der Waals surface area contributed by atoms with Gasteiger partial charge in [0, 0.05) is 36.7 Å². The molecule has 1 aliphatic rings. The summed E-state index contributed by atoms with van der Waals surface area (Å²) in [6.07, 6.45) is 1.93. The Morgan fingerprint density at radius 1 is 0.333 bits per heavy atom. The van der Waals surface area contributed by atoms with E-state index in [-0.39, 0.29) is 0 Å². The zero-order valence-corrected chi connectivity index (χ0v) is 27.5. The molecule has 9 aromatic rings. The molecule has 0 bridgehead atoms. The molecular formula is C45H27NS2. The molecule has 8 aromatic carbocycles. The molecule has 0 radical (unpaired) electrons. The van der Waals surface area contributed by atoms with Crippen molar-refractivity contribution in [2.45, 2.75) is 19.6 Å². The summed E-state index contributed by atoms with van der Waals surface area (Å²) < 4.78 is 0. The maximum atomic E-state index is 4.91. The second-order valence-electron chi connectivity index (χ2n) is 12.3. The highest BCUT2D eigenvalue weighted by atomic mass is 32.2. The predicted molar refractivity (Wildman–Crippen MR) is 205 cm³/mol. The van der Waals surface area contributed by atoms with Crippen molar-refractivity contribution in [3.8, 4) is 33.5 Å². The highest BCUT2D eigenvalue weighted by molar-refractivity contribution is 8.05. The molecule has 0 saturated heterocycles. The molecule has 10 rings (SSSR count). The Hall–Kier alpha value is -5.35. The highest BCUT2D eigenvalue weighted by Crippen LogP contribution is 2.50. The van der Waals surface area contributed by atoms with Crippen LogP contribution in [-0.4, -0.2) is 4.98 Å². The third kappa shape index (κ3) is 4.46. The summed E-state index contributed by atoms with van der Waals surface area (Å²) in [4.78, 5) is 10.2. The lowest BCUT2D eigenvalue weighted by atomic mass is 9.88. The summed E-state index contributed by atoms with van der Waals surface area (Å²) in [5.74, 6) is 0. The zero-order valence-electron chi connectivity index (χ0n) is 25.9. The van der Waals surface area contributed by atoms with Gasteiger partial charge in [-0.1, -0.05) is 139 Å². The van der Waals surface area contributed by atoms with Crippen LogP contribution in [0.1, 0.15) is 0 Å². The van der Waals surface area contributed by atoms with Crippen LogP contribution >= 0.6 is 23.5 Å². The molecule has 0 amide bonds. The van der Waals surface area contributed by atoms with E-state index in [2.05, 4.69) is 158 Å². The molecule has 0 atom stereocenters. The van der Waals surface area contributed by atoms with Crippen molar-refractivity contribution >= 4 is 66.6 Å². The normalized spacial score (nSPS) is 12.4. The molecule has 0 aliphatic carbocycles. The fraction of sp³-hybridized carbons (Fsp3) is 0. The van der Waals surface area contributed by atoms with Crippen LogP contribution in [0.3, 0.4) is 0 Å². The molecule has 3 heteroatoms. The van der Waals surface area contributed by atoms with Gasteiger partial charge in [-0.15, -0.1) is 0 Å². The number of benzene rings is 8. The Kier molecular flexibility index (Phi) is 6.43. The maximum absolute atomic E-state index is 4.91. The standard InChI is InChI=1S/C45H27NS2/c1-2-10-33-28(9-1)23-24-46-45(33)31-18-20-32(30-19-22-43-44(27-30)48-42-16-8-7-15-41(42)47-43)39(26-31)29-17-21-38-36-13-4-3-11-34(36)35-12-5-6-14-37(35)40(38)25-29/h1-27H. The minimum absolute atomic E-state index is 1.01. The topological polar surface area (TPSA) is 12.9 Å². The summed E-state index contributed by atoms with van der Waals surface area (Å²) in [5, 5.41) is 10.1. The summed E-state index contributed by atoms with van der Waals surface area (Å²) in [5.41, 5.74) is 6.96. The first-order valence-electron chi connectivity index (χ1n) is 16.2. The van der Waals surface area contributed by atoms with Gasteiger partial charge in [0.25, 0.3) is 0 Å². The first-order chi connectivity index (χ1) is 23.8. The number of rotatable bonds is 3. The Bertz CT molecular complexity index is 2710. The SMILES string of the molecule is c1ccc2c(c1)Sc1ccc(-c3ccc(-c4nccc5ccccc45)cc3-c3ccc4c5ccccc5c5ccccc5c4c3)cc1S2. The van der Waals surface area contributed by atoms with Crippen LogP contribution < -0.4 is 0 Å². The Balaban J connectivity index is 1.21. The zero-order chi connectivity index (χ0) is 31.6. The van der Waals surface area contributed by atoms with E-state index in [1.807, 2.05) is 29.7 Å². The molecule has 0 unspecified atom stereocenters. The molecule has 0 N–H and O–H groups in total. The number of pyridine rings is 1. The molecule has 0 saturated carbocycles. The number of fused-ring (bicyclic) bond motifs is 9. The minimum Gasteiger partial charge on any atom is -0.256 e. The van der Waals surface area contributed by atoms with Crippen molar-refractivity contribution in [1.29, 1.82) is 0 Å². The molecule has 224 valence electrons. The number of nitrogens with zero attached hydrogens (tertiary/aromatic N) is 1. The van der Waals surface area contributed by atoms with Crippen LogP contribution in [0.25, 0.3) is 76.6 Å². The largest absolute Gasteiger partial charge is 0.256 e. The maximum Gasteiger partial charge on any atom is 0.0780 e. The van der Waals surface area contributed by atoms with Crippen LogP contribution in [0, 0.1) is 0 Å². The van der Waals surface area contributed by atoms with Gasteiger partial charge in [0.1, 0.15) is 0 Å². The van der Waals surface area contributed by atoms with Gasteiger partial charge in [-0.2, -0.15) is 0 Å². The first-order valence-corrected chi connectivity index (χ1v) is 17.8. The average Bonchev–Trinajstić information content (AvgIpc) is 3.16. The van der Waals surface area contributed by atoms with Crippen molar-refractivity contribution in [3.05, 3.63) is 164 Å². The van der Waals surface area contributed by atoms with Gasteiger partial charge < -0.3 is 0 Å². The number of hydrogen-bond acceptors (Lipinski definition) is 3. The van der Waals surface area contributed by atoms with E-state index < -0.39 is 0 Å². The molecule has 1 nitrogen and oxygen atoms in total. The highest BCUT2D eigenvalue weighted by Gasteiger charge is 2.20. The van der Waals surface area contributed by atoms with Gasteiger partial charge in [-0.05, 0) is 102 Å². The Morgan fingerprint density at radius 2 is 0.875 bits per heavy atom. The van der Waals surface area contributed by atoms with Crippen LogP contribution in [0.4, 0.5) is 0 Å². The number of hydrogen-bond donors (Lipinski definition) is 0. The molecule has 1 aliphatic heterocycles. The van der Waals surface area contributed by atoms with E-state index in [0.29, 0.717) is 0 Å². The molecule has 48 heavy (non-hydrogen) atoms. The van der Waals surface area contributed by atoms with Crippen molar-refractivity contribution < 1.29 is 0 Å². The second kappa shape index (κ2) is 11.1. The van der Waals surface area contributed by atoms with Gasteiger partial charge in [0.15, 0.2) is 0 Å². The molecular weight excluding hydrogens is 619 g/mol. The predicted octanol–water partition coefficient (Wildman–Crippen LogP) is 13.3. The van der Waals surface area contributed by atoms with Crippen LogP contribution in [0.15, 0.2) is 184 Å². The van der Waals surface area contributed by atoms with E-state index in [4.69, 9.17) is 4.98 Å². The molecule has 1 aromatic heterocycles. The van der Waals surface area contributed by atoms with Crippen molar-refractivity contribution in [3.63, 3.8) is 0 Å². The number of aromatic nitrogens is 1. The quantitative estimate of drug-likeness (QED) is 0.177. The van der Waals surface area contributed by atoms with Crippen LogP contribution in [-0.2, 0) is 0 Å². The summed E-state index contributed by atoms with van der Waals surface area (Å²) in [6.45, 7) is 0. The Labute approximate surface area is 287 Å². The van der Waals surface area contributed by atoms with Gasteiger partial charge in [0.05, 0.1) is 5.69 Å². The van der Waals surface area contributed by atoms with Gasteiger partial charge >= 0.3 is 0 Å². The van der Waals surface area contributed by atoms with E-state index in [9.17, 15) is 0 Å². The molecule has 2 heterocycles. The van der Waals surface area contributed by atoms with Crippen molar-refractivity contribution in [2.75, 3.05) is 0 Å². The third-order valence-electron chi connectivity index (χ3n) is 9.57. The fourth-order valence-electron chi connectivity index (χ4n) is 7.30. The van der Waals surface area contributed by atoms with Crippen molar-refractivity contribution in [1.82, 2.24) is 4.98 Å². The molecule has 0 spiro atoms. The average molecular weight is 646 g/mol. The lowest BCUT2D eigenvalue weighted by molar-refractivity contribution is 1.16.